The fourth-order valence-electron chi connectivity index (χ4n) is 2.78. The zero-order valence-corrected chi connectivity index (χ0v) is 10.6. The monoisotopic (exact) mass is 235 g/mol. The molecular weight excluding hydrogens is 214 g/mol. The summed E-state index contributed by atoms with van der Waals surface area (Å²) in [4.78, 5) is 0. The van der Waals surface area contributed by atoms with Crippen LogP contribution in [0, 0.1) is 0 Å². The predicted octanol–water partition coefficient (Wildman–Crippen LogP) is 1.57. The lowest BCUT2D eigenvalue weighted by Gasteiger charge is -2.47. The number of nitrogens with two attached hydrogens (primary N) is 1. The molecule has 3 heteroatoms. The van der Waals surface area contributed by atoms with Crippen LogP contribution in [0.5, 0.6) is 0 Å². The highest BCUT2D eigenvalue weighted by molar-refractivity contribution is 5.39. The van der Waals surface area contributed by atoms with E-state index in [0.29, 0.717) is 19.6 Å². The molecular formula is C14H21NO2. The third-order valence-electron chi connectivity index (χ3n) is 3.91. The average molecular weight is 235 g/mol. The molecule has 0 fully saturated rings. The molecule has 1 atom stereocenters. The summed E-state index contributed by atoms with van der Waals surface area (Å²) in [7, 11) is 0. The Labute approximate surface area is 103 Å². The summed E-state index contributed by atoms with van der Waals surface area (Å²) in [6.45, 7) is 5.36. The first-order chi connectivity index (χ1) is 8.01. The summed E-state index contributed by atoms with van der Waals surface area (Å²) >= 11 is 0. The van der Waals surface area contributed by atoms with Crippen molar-refractivity contribution in [3.05, 3.63) is 35.4 Å². The minimum Gasteiger partial charge on any atom is -0.396 e. The van der Waals surface area contributed by atoms with E-state index in [2.05, 4.69) is 12.1 Å². The van der Waals surface area contributed by atoms with E-state index < -0.39 is 5.54 Å². The molecule has 0 amide bonds. The minimum absolute atomic E-state index is 0.123. The SMILES string of the molecule is CC(C)(N)C1(CCO)COCc2ccccc21. The van der Waals surface area contributed by atoms with Crippen LogP contribution in [-0.4, -0.2) is 23.9 Å². The van der Waals surface area contributed by atoms with Crippen molar-refractivity contribution in [2.75, 3.05) is 13.2 Å². The molecule has 1 aliphatic heterocycles. The Bertz CT molecular complexity index is 397. The molecule has 94 valence electrons. The van der Waals surface area contributed by atoms with Gasteiger partial charge >= 0.3 is 0 Å². The summed E-state index contributed by atoms with van der Waals surface area (Å²) in [6.07, 6.45) is 0.632. The molecule has 0 saturated heterocycles. The van der Waals surface area contributed by atoms with Crippen molar-refractivity contribution < 1.29 is 9.84 Å². The van der Waals surface area contributed by atoms with Crippen LogP contribution in [0.25, 0.3) is 0 Å². The smallest absolute Gasteiger partial charge is 0.0720 e. The van der Waals surface area contributed by atoms with Crippen molar-refractivity contribution in [1.29, 1.82) is 0 Å². The summed E-state index contributed by atoms with van der Waals surface area (Å²) < 4.78 is 5.70. The lowest BCUT2D eigenvalue weighted by molar-refractivity contribution is 0.00996. The highest BCUT2D eigenvalue weighted by Crippen LogP contribution is 2.42. The van der Waals surface area contributed by atoms with Gasteiger partial charge in [-0.05, 0) is 31.4 Å². The molecule has 0 aliphatic carbocycles. The lowest BCUT2D eigenvalue weighted by Crippen LogP contribution is -2.58. The van der Waals surface area contributed by atoms with Gasteiger partial charge in [0, 0.05) is 17.6 Å². The van der Waals surface area contributed by atoms with Crippen molar-refractivity contribution >= 4 is 0 Å². The average Bonchev–Trinajstić information content (AvgIpc) is 2.28. The quantitative estimate of drug-likeness (QED) is 0.836. The van der Waals surface area contributed by atoms with Crippen molar-refractivity contribution in [3.63, 3.8) is 0 Å². The van der Waals surface area contributed by atoms with E-state index in [-0.39, 0.29) is 12.0 Å². The maximum atomic E-state index is 9.36. The van der Waals surface area contributed by atoms with Crippen LogP contribution in [0.15, 0.2) is 24.3 Å². The van der Waals surface area contributed by atoms with Gasteiger partial charge in [0.25, 0.3) is 0 Å². The van der Waals surface area contributed by atoms with Crippen LogP contribution in [0.1, 0.15) is 31.4 Å². The van der Waals surface area contributed by atoms with Crippen molar-refractivity contribution in [1.82, 2.24) is 0 Å². The molecule has 3 N–H and O–H groups in total. The highest BCUT2D eigenvalue weighted by Gasteiger charge is 2.46. The lowest BCUT2D eigenvalue weighted by atomic mass is 9.64. The Hall–Kier alpha value is -0.900. The fraction of sp³-hybridized carbons (Fsp3) is 0.571. The maximum Gasteiger partial charge on any atom is 0.0720 e. The van der Waals surface area contributed by atoms with Gasteiger partial charge in [0.1, 0.15) is 0 Å². The number of aliphatic hydroxyl groups excluding tert-OH is 1. The molecule has 0 spiro atoms. The zero-order valence-electron chi connectivity index (χ0n) is 10.6. The summed E-state index contributed by atoms with van der Waals surface area (Å²) in [5.41, 5.74) is 8.05. The first-order valence-corrected chi connectivity index (χ1v) is 6.07. The Balaban J connectivity index is 2.55. The Morgan fingerprint density at radius 2 is 2.12 bits per heavy atom. The molecule has 1 aromatic carbocycles. The van der Waals surface area contributed by atoms with Gasteiger partial charge in [0.05, 0.1) is 13.2 Å². The number of rotatable bonds is 3. The second-order valence-electron chi connectivity index (χ2n) is 5.43. The third-order valence-corrected chi connectivity index (χ3v) is 3.91. The first kappa shape index (κ1) is 12.6. The Morgan fingerprint density at radius 3 is 2.76 bits per heavy atom. The number of hydrogen-bond donors (Lipinski definition) is 2. The third kappa shape index (κ3) is 1.99. The van der Waals surface area contributed by atoms with E-state index in [1.807, 2.05) is 26.0 Å². The van der Waals surface area contributed by atoms with Gasteiger partial charge < -0.3 is 15.6 Å². The molecule has 1 aliphatic rings. The van der Waals surface area contributed by atoms with Gasteiger partial charge in [0.15, 0.2) is 0 Å². The van der Waals surface area contributed by atoms with E-state index >= 15 is 0 Å². The molecule has 0 aromatic heterocycles. The summed E-state index contributed by atoms with van der Waals surface area (Å²) in [5, 5.41) is 9.36. The van der Waals surface area contributed by atoms with Gasteiger partial charge in [-0.1, -0.05) is 24.3 Å². The number of aliphatic hydroxyl groups is 1. The second-order valence-corrected chi connectivity index (χ2v) is 5.43. The maximum absolute atomic E-state index is 9.36. The molecule has 1 heterocycles. The zero-order chi connectivity index (χ0) is 12.5. The molecule has 1 unspecified atom stereocenters. The molecule has 2 rings (SSSR count). The topological polar surface area (TPSA) is 55.5 Å². The van der Waals surface area contributed by atoms with E-state index in [1.165, 1.54) is 11.1 Å². The molecule has 1 aromatic rings. The fourth-order valence-corrected chi connectivity index (χ4v) is 2.78. The minimum atomic E-state index is -0.424. The largest absolute Gasteiger partial charge is 0.396 e. The van der Waals surface area contributed by atoms with E-state index in [9.17, 15) is 5.11 Å². The Kier molecular flexibility index (Phi) is 3.25. The van der Waals surface area contributed by atoms with Crippen LogP contribution in [0.4, 0.5) is 0 Å². The predicted molar refractivity (Wildman–Crippen MR) is 67.7 cm³/mol. The first-order valence-electron chi connectivity index (χ1n) is 6.07. The van der Waals surface area contributed by atoms with E-state index in [4.69, 9.17) is 10.5 Å². The van der Waals surface area contributed by atoms with E-state index in [1.54, 1.807) is 0 Å². The van der Waals surface area contributed by atoms with Crippen molar-refractivity contribution in [3.8, 4) is 0 Å². The van der Waals surface area contributed by atoms with Gasteiger partial charge in [-0.15, -0.1) is 0 Å². The molecule has 17 heavy (non-hydrogen) atoms. The van der Waals surface area contributed by atoms with Gasteiger partial charge in [-0.25, -0.2) is 0 Å². The second kappa shape index (κ2) is 4.41. The number of fused-ring (bicyclic) bond motifs is 1. The van der Waals surface area contributed by atoms with E-state index in [0.717, 1.165) is 0 Å². The number of hydrogen-bond acceptors (Lipinski definition) is 3. The highest BCUT2D eigenvalue weighted by atomic mass is 16.5. The van der Waals surface area contributed by atoms with Gasteiger partial charge in [-0.3, -0.25) is 0 Å². The summed E-state index contributed by atoms with van der Waals surface area (Å²) in [6, 6.07) is 8.23. The van der Waals surface area contributed by atoms with Crippen molar-refractivity contribution in [2.24, 2.45) is 5.73 Å². The number of ether oxygens (including phenoxy) is 1. The number of benzene rings is 1. The molecule has 0 bridgehead atoms. The van der Waals surface area contributed by atoms with Crippen LogP contribution < -0.4 is 5.73 Å². The van der Waals surface area contributed by atoms with Crippen molar-refractivity contribution in [2.45, 2.75) is 37.8 Å². The molecule has 0 radical (unpaired) electrons. The van der Waals surface area contributed by atoms with Crippen LogP contribution in [0.3, 0.4) is 0 Å². The summed E-state index contributed by atoms with van der Waals surface area (Å²) in [5.74, 6) is 0. The Morgan fingerprint density at radius 1 is 1.41 bits per heavy atom. The van der Waals surface area contributed by atoms with Crippen LogP contribution in [0.2, 0.25) is 0 Å². The standard InChI is InChI=1S/C14H21NO2/c1-13(2,15)14(7-8-16)10-17-9-11-5-3-4-6-12(11)14/h3-6,16H,7-10,15H2,1-2H3. The molecule has 0 saturated carbocycles. The van der Waals surface area contributed by atoms with Gasteiger partial charge in [-0.2, -0.15) is 0 Å². The van der Waals surface area contributed by atoms with Crippen LogP contribution >= 0.6 is 0 Å². The van der Waals surface area contributed by atoms with Gasteiger partial charge in [0.2, 0.25) is 0 Å². The molecule has 3 nitrogen and oxygen atoms in total. The normalized spacial score (nSPS) is 24.5. The van der Waals surface area contributed by atoms with Crippen LogP contribution in [-0.2, 0) is 16.8 Å².